The SMILES string of the molecule is O=C1[C@@H]2Cc3c([nH]c4ccccc34)[C@H](c3ccc4c(c3)OCO4)N2C(=S)N1c1ccccc1. The molecule has 3 aliphatic rings. The molecule has 2 atom stereocenters. The third-order valence-corrected chi connectivity index (χ3v) is 7.17. The molecule has 33 heavy (non-hydrogen) atoms. The van der Waals surface area contributed by atoms with Crippen LogP contribution in [0.15, 0.2) is 72.8 Å². The highest BCUT2D eigenvalue weighted by Gasteiger charge is 2.51. The summed E-state index contributed by atoms with van der Waals surface area (Å²) in [5.41, 5.74) is 5.09. The van der Waals surface area contributed by atoms with Gasteiger partial charge in [-0.25, -0.2) is 0 Å². The molecule has 162 valence electrons. The molecule has 0 saturated carbocycles. The Morgan fingerprint density at radius 1 is 0.939 bits per heavy atom. The lowest BCUT2D eigenvalue weighted by atomic mass is 9.89. The molecule has 7 heteroatoms. The zero-order chi connectivity index (χ0) is 22.1. The number of para-hydroxylation sites is 2. The van der Waals surface area contributed by atoms with Crippen LogP contribution >= 0.6 is 12.2 Å². The molecule has 6 nitrogen and oxygen atoms in total. The predicted molar refractivity (Wildman–Crippen MR) is 129 cm³/mol. The second-order valence-electron chi connectivity index (χ2n) is 8.50. The summed E-state index contributed by atoms with van der Waals surface area (Å²) in [6.45, 7) is 0.214. The first-order chi connectivity index (χ1) is 16.2. The summed E-state index contributed by atoms with van der Waals surface area (Å²) in [6, 6.07) is 23.2. The summed E-state index contributed by atoms with van der Waals surface area (Å²) in [4.78, 5) is 21.1. The van der Waals surface area contributed by atoms with Crippen molar-refractivity contribution in [3.05, 3.63) is 89.6 Å². The van der Waals surface area contributed by atoms with Crippen molar-refractivity contribution >= 4 is 39.8 Å². The van der Waals surface area contributed by atoms with E-state index in [0.29, 0.717) is 17.3 Å². The van der Waals surface area contributed by atoms with E-state index in [1.165, 1.54) is 5.56 Å². The molecule has 0 bridgehead atoms. The minimum Gasteiger partial charge on any atom is -0.454 e. The van der Waals surface area contributed by atoms with E-state index in [1.54, 1.807) is 4.90 Å². The van der Waals surface area contributed by atoms with Gasteiger partial charge in [-0.15, -0.1) is 0 Å². The van der Waals surface area contributed by atoms with Crippen molar-refractivity contribution in [2.24, 2.45) is 0 Å². The number of thiocarbonyl (C=S) groups is 1. The highest BCUT2D eigenvalue weighted by atomic mass is 32.1. The Morgan fingerprint density at radius 3 is 2.61 bits per heavy atom. The second-order valence-corrected chi connectivity index (χ2v) is 8.86. The summed E-state index contributed by atoms with van der Waals surface area (Å²) >= 11 is 5.94. The normalized spacial score (nSPS) is 21.0. The Labute approximate surface area is 195 Å². The number of nitrogens with one attached hydrogen (secondary N) is 1. The maximum atomic E-state index is 13.7. The molecule has 7 rings (SSSR count). The van der Waals surface area contributed by atoms with Gasteiger partial charge in [0.1, 0.15) is 6.04 Å². The van der Waals surface area contributed by atoms with E-state index in [1.807, 2.05) is 60.7 Å². The predicted octanol–water partition coefficient (Wildman–Crippen LogP) is 4.54. The Kier molecular flexibility index (Phi) is 3.87. The van der Waals surface area contributed by atoms with Gasteiger partial charge in [-0.2, -0.15) is 0 Å². The van der Waals surface area contributed by atoms with Crippen LogP contribution in [-0.4, -0.2) is 33.7 Å². The van der Waals surface area contributed by atoms with Crippen LogP contribution in [0.2, 0.25) is 0 Å². The molecule has 1 N–H and O–H groups in total. The van der Waals surface area contributed by atoms with Gasteiger partial charge in [0.15, 0.2) is 16.6 Å². The molecule has 0 radical (unpaired) electrons. The molecule has 1 aromatic heterocycles. The van der Waals surface area contributed by atoms with Crippen molar-refractivity contribution in [3.63, 3.8) is 0 Å². The van der Waals surface area contributed by atoms with Crippen LogP contribution in [0, 0.1) is 0 Å². The minimum absolute atomic E-state index is 0.00729. The van der Waals surface area contributed by atoms with Gasteiger partial charge in [0.25, 0.3) is 5.91 Å². The first-order valence-corrected chi connectivity index (χ1v) is 11.3. The van der Waals surface area contributed by atoms with Gasteiger partial charge in [-0.1, -0.05) is 42.5 Å². The van der Waals surface area contributed by atoms with Crippen LogP contribution in [0.4, 0.5) is 5.69 Å². The molecule has 0 aliphatic carbocycles. The van der Waals surface area contributed by atoms with Crippen LogP contribution < -0.4 is 14.4 Å². The lowest BCUT2D eigenvalue weighted by Crippen LogP contribution is -2.44. The minimum atomic E-state index is -0.375. The number of carbonyl (C=O) groups is 1. The van der Waals surface area contributed by atoms with Gasteiger partial charge in [-0.05, 0) is 53.7 Å². The van der Waals surface area contributed by atoms with Gasteiger partial charge < -0.3 is 19.4 Å². The molecule has 0 unspecified atom stereocenters. The quantitative estimate of drug-likeness (QED) is 0.452. The average molecular weight is 454 g/mol. The zero-order valence-electron chi connectivity index (χ0n) is 17.5. The molecule has 3 aromatic carbocycles. The van der Waals surface area contributed by atoms with Gasteiger partial charge in [0, 0.05) is 23.0 Å². The van der Waals surface area contributed by atoms with E-state index in [9.17, 15) is 4.79 Å². The Balaban J connectivity index is 1.43. The van der Waals surface area contributed by atoms with E-state index in [4.69, 9.17) is 21.7 Å². The van der Waals surface area contributed by atoms with E-state index in [2.05, 4.69) is 22.0 Å². The van der Waals surface area contributed by atoms with Crippen molar-refractivity contribution in [2.75, 3.05) is 11.7 Å². The second kappa shape index (κ2) is 6.83. The van der Waals surface area contributed by atoms with Crippen LogP contribution in [-0.2, 0) is 11.2 Å². The Hall–Kier alpha value is -3.84. The third kappa shape index (κ3) is 2.60. The molecule has 1 saturated heterocycles. The van der Waals surface area contributed by atoms with Crippen LogP contribution in [0.3, 0.4) is 0 Å². The van der Waals surface area contributed by atoms with Crippen molar-refractivity contribution in [1.82, 2.24) is 9.88 Å². The van der Waals surface area contributed by atoms with Gasteiger partial charge in [0.2, 0.25) is 6.79 Å². The van der Waals surface area contributed by atoms with E-state index >= 15 is 0 Å². The molecule has 1 fully saturated rings. The molecule has 4 heterocycles. The Bertz CT molecular complexity index is 1450. The number of benzene rings is 3. The summed E-state index contributed by atoms with van der Waals surface area (Å²) < 4.78 is 11.2. The van der Waals surface area contributed by atoms with Crippen LogP contribution in [0.1, 0.15) is 22.9 Å². The maximum absolute atomic E-state index is 13.7. The number of aromatic amines is 1. The lowest BCUT2D eigenvalue weighted by molar-refractivity contribution is -0.120. The van der Waals surface area contributed by atoms with E-state index in [-0.39, 0.29) is 24.8 Å². The number of rotatable bonds is 2. The summed E-state index contributed by atoms with van der Waals surface area (Å²) in [7, 11) is 0. The number of amides is 1. The number of fused-ring (bicyclic) bond motifs is 5. The smallest absolute Gasteiger partial charge is 0.256 e. The lowest BCUT2D eigenvalue weighted by Gasteiger charge is -2.37. The number of aromatic nitrogens is 1. The zero-order valence-corrected chi connectivity index (χ0v) is 18.3. The maximum Gasteiger partial charge on any atom is 0.256 e. The highest BCUT2D eigenvalue weighted by Crippen LogP contribution is 2.46. The fourth-order valence-corrected chi connectivity index (χ4v) is 5.75. The monoisotopic (exact) mass is 453 g/mol. The van der Waals surface area contributed by atoms with E-state index in [0.717, 1.165) is 33.6 Å². The largest absolute Gasteiger partial charge is 0.454 e. The van der Waals surface area contributed by atoms with Gasteiger partial charge in [-0.3, -0.25) is 9.69 Å². The summed E-state index contributed by atoms with van der Waals surface area (Å²) in [6.07, 6.45) is 0.600. The molecule has 1 amide bonds. The van der Waals surface area contributed by atoms with Crippen LogP contribution in [0.25, 0.3) is 10.9 Å². The topological polar surface area (TPSA) is 57.8 Å². The molecule has 4 aromatic rings. The fraction of sp³-hybridized carbons (Fsp3) is 0.154. The molecule has 0 spiro atoms. The first-order valence-electron chi connectivity index (χ1n) is 10.9. The number of hydrogen-bond donors (Lipinski definition) is 1. The van der Waals surface area contributed by atoms with Gasteiger partial charge in [0.05, 0.1) is 11.7 Å². The van der Waals surface area contributed by atoms with E-state index < -0.39 is 0 Å². The number of hydrogen-bond acceptors (Lipinski definition) is 4. The molecular formula is C26H19N3O3S. The number of ether oxygens (including phenoxy) is 2. The van der Waals surface area contributed by atoms with Gasteiger partial charge >= 0.3 is 0 Å². The summed E-state index contributed by atoms with van der Waals surface area (Å²) in [5.74, 6) is 1.45. The number of carbonyl (C=O) groups excluding carboxylic acids is 1. The first kappa shape index (κ1) is 18.7. The number of H-pyrrole nitrogens is 1. The van der Waals surface area contributed by atoms with Crippen LogP contribution in [0.5, 0.6) is 11.5 Å². The number of nitrogens with zero attached hydrogens (tertiary/aromatic N) is 2. The molecular weight excluding hydrogens is 434 g/mol. The van der Waals surface area contributed by atoms with Crippen molar-refractivity contribution < 1.29 is 14.3 Å². The average Bonchev–Trinajstić information content (AvgIpc) is 3.53. The van der Waals surface area contributed by atoms with Crippen molar-refractivity contribution in [1.29, 1.82) is 0 Å². The Morgan fingerprint density at radius 2 is 1.73 bits per heavy atom. The highest BCUT2D eigenvalue weighted by molar-refractivity contribution is 7.80. The third-order valence-electron chi connectivity index (χ3n) is 6.78. The van der Waals surface area contributed by atoms with Crippen molar-refractivity contribution in [3.8, 4) is 11.5 Å². The number of anilines is 1. The van der Waals surface area contributed by atoms with Crippen molar-refractivity contribution in [2.45, 2.75) is 18.5 Å². The molecule has 3 aliphatic heterocycles. The fourth-order valence-electron chi connectivity index (χ4n) is 5.32. The standard InChI is InChI=1S/C26H19N3O3S/c30-25-20-13-18-17-8-4-5-9-19(17)27-23(18)24(15-10-11-21-22(12-15)32-14-31-21)29(20)26(33)28(25)16-6-2-1-3-7-16/h1-12,20,24,27H,13-14H2/t20-,24-/m0/s1. The summed E-state index contributed by atoms with van der Waals surface area (Å²) in [5, 5.41) is 1.66.